The molecule has 56 heavy (non-hydrogen) atoms. The van der Waals surface area contributed by atoms with Crippen molar-refractivity contribution in [3.63, 3.8) is 0 Å². The van der Waals surface area contributed by atoms with Crippen LogP contribution in [0.1, 0.15) is 66.7 Å². The zero-order valence-corrected chi connectivity index (χ0v) is 33.8. The number of aromatic nitrogens is 3. The Morgan fingerprint density at radius 2 is 1.82 bits per heavy atom. The number of methoxy groups -OCH3 is 1. The molecule has 3 saturated carbocycles. The highest BCUT2D eigenvalue weighted by Gasteiger charge is 2.61. The fourth-order valence-corrected chi connectivity index (χ4v) is 9.09. The zero-order chi connectivity index (χ0) is 40.3. The van der Waals surface area contributed by atoms with E-state index in [0.29, 0.717) is 50.1 Å². The monoisotopic (exact) mass is 809 g/mol. The number of carboxylic acids is 1. The summed E-state index contributed by atoms with van der Waals surface area (Å²) in [4.78, 5) is 60.6. The minimum atomic E-state index is -1.53. The lowest BCUT2D eigenvalue weighted by atomic mass is 9.85. The number of benzene rings is 1. The summed E-state index contributed by atoms with van der Waals surface area (Å²) in [5.74, 6) is -0.877. The van der Waals surface area contributed by atoms with E-state index in [0.717, 1.165) is 12.8 Å². The van der Waals surface area contributed by atoms with E-state index in [9.17, 15) is 24.3 Å². The first-order valence-electron chi connectivity index (χ1n) is 18.9. The quantitative estimate of drug-likeness (QED) is 0.155. The number of aliphatic carboxylic acids is 1. The number of halogens is 1. The summed E-state index contributed by atoms with van der Waals surface area (Å²) >= 11 is 8.10. The summed E-state index contributed by atoms with van der Waals surface area (Å²) in [5, 5.41) is 29.4. The van der Waals surface area contributed by atoms with Gasteiger partial charge in [-0.3, -0.25) is 9.59 Å². The average Bonchev–Trinajstić information content (AvgIpc) is 3.80. The summed E-state index contributed by atoms with van der Waals surface area (Å²) in [5.41, 5.74) is -1.51. The Balaban J connectivity index is 1.20. The number of likely N-dealkylation sites (tertiary alicyclic amines) is 1. The minimum absolute atomic E-state index is 0.0164. The molecule has 17 heteroatoms. The molecular weight excluding hydrogens is 762 g/mol. The van der Waals surface area contributed by atoms with Crippen molar-refractivity contribution in [2.24, 2.45) is 23.2 Å². The van der Waals surface area contributed by atoms with Gasteiger partial charge in [0.1, 0.15) is 52.0 Å². The normalized spacial score (nSPS) is 27.0. The summed E-state index contributed by atoms with van der Waals surface area (Å²) in [6.07, 6.45) is 2.84. The number of fused-ring (bicyclic) bond motifs is 2. The third kappa shape index (κ3) is 7.82. The number of carbonyl (C=O) groups is 4. The number of pyridine rings is 1. The van der Waals surface area contributed by atoms with Crippen molar-refractivity contribution in [2.75, 3.05) is 19.0 Å². The summed E-state index contributed by atoms with van der Waals surface area (Å²) in [6, 6.07) is 3.08. The molecule has 8 atom stereocenters. The maximum absolute atomic E-state index is 14.6. The van der Waals surface area contributed by atoms with Gasteiger partial charge < -0.3 is 40.2 Å². The smallest absolute Gasteiger partial charge is 0.408 e. The van der Waals surface area contributed by atoms with Crippen LogP contribution in [0, 0.1) is 23.2 Å². The summed E-state index contributed by atoms with van der Waals surface area (Å²) in [7, 11) is 1.50. The van der Waals surface area contributed by atoms with E-state index in [-0.39, 0.29) is 36.6 Å². The van der Waals surface area contributed by atoms with E-state index in [1.807, 2.05) is 34.6 Å². The number of anilines is 1. The first-order chi connectivity index (χ1) is 26.5. The Bertz CT molecular complexity index is 2060. The van der Waals surface area contributed by atoms with Crippen LogP contribution in [0.25, 0.3) is 21.6 Å². The highest BCUT2D eigenvalue weighted by atomic mass is 35.5. The Morgan fingerprint density at radius 1 is 1.09 bits per heavy atom. The molecule has 7 rings (SSSR count). The maximum Gasteiger partial charge on any atom is 0.408 e. The molecule has 1 aromatic carbocycles. The Labute approximate surface area is 333 Å². The third-order valence-corrected chi connectivity index (χ3v) is 12.4. The van der Waals surface area contributed by atoms with Crippen LogP contribution in [0.2, 0.25) is 5.02 Å². The molecule has 3 aromatic rings. The number of nitrogens with one attached hydrogen (secondary N) is 3. The van der Waals surface area contributed by atoms with Crippen LogP contribution in [-0.2, 0) is 19.1 Å². The molecule has 3 aliphatic carbocycles. The van der Waals surface area contributed by atoms with Crippen LogP contribution in [0.4, 0.5) is 9.93 Å². The van der Waals surface area contributed by atoms with E-state index in [4.69, 9.17) is 30.8 Å². The average molecular weight is 810 g/mol. The van der Waals surface area contributed by atoms with Gasteiger partial charge in [-0.15, -0.1) is 16.8 Å². The van der Waals surface area contributed by atoms with Gasteiger partial charge in [0.25, 0.3) is 0 Å². The Hall–Kier alpha value is -4.70. The van der Waals surface area contributed by atoms with Gasteiger partial charge in [0.2, 0.25) is 16.9 Å². The molecule has 1 aliphatic heterocycles. The first-order valence-corrected chi connectivity index (χ1v) is 20.1. The van der Waals surface area contributed by atoms with Crippen molar-refractivity contribution < 1.29 is 38.5 Å². The van der Waals surface area contributed by atoms with Crippen LogP contribution in [0.3, 0.4) is 0 Å². The van der Waals surface area contributed by atoms with E-state index < -0.39 is 58.9 Å². The van der Waals surface area contributed by atoms with Crippen molar-refractivity contribution >= 4 is 62.8 Å². The van der Waals surface area contributed by atoms with Gasteiger partial charge in [-0.1, -0.05) is 49.8 Å². The number of nitrogens with zero attached hydrogens (tertiary/aromatic N) is 4. The second-order valence-corrected chi connectivity index (χ2v) is 18.0. The Morgan fingerprint density at radius 3 is 2.45 bits per heavy atom. The number of hydrogen-bond donors (Lipinski definition) is 4. The van der Waals surface area contributed by atoms with Crippen molar-refractivity contribution in [3.05, 3.63) is 35.9 Å². The largest absolute Gasteiger partial charge is 0.495 e. The molecule has 2 unspecified atom stereocenters. The number of alkyl carbamates (subject to hydrolysis) is 1. The van der Waals surface area contributed by atoms with Gasteiger partial charge in [-0.05, 0) is 68.9 Å². The molecule has 4 aliphatic rings. The highest BCUT2D eigenvalue weighted by Crippen LogP contribution is 2.52. The van der Waals surface area contributed by atoms with Crippen LogP contribution in [0.5, 0.6) is 11.5 Å². The molecule has 4 N–H and O–H groups in total. The molecule has 1 saturated heterocycles. The fourth-order valence-electron chi connectivity index (χ4n) is 7.95. The van der Waals surface area contributed by atoms with E-state index >= 15 is 0 Å². The molecule has 2 aromatic heterocycles. The molecule has 0 radical (unpaired) electrons. The first kappa shape index (κ1) is 39.5. The molecule has 0 spiro atoms. The van der Waals surface area contributed by atoms with Crippen molar-refractivity contribution in [2.45, 2.75) is 103 Å². The molecule has 4 fully saturated rings. The van der Waals surface area contributed by atoms with Gasteiger partial charge >= 0.3 is 12.1 Å². The minimum Gasteiger partial charge on any atom is -0.495 e. The number of carbonyl (C=O) groups excluding carboxylic acids is 3. The molecule has 0 bridgehead atoms. The van der Waals surface area contributed by atoms with Gasteiger partial charge in [0.05, 0.1) is 19.2 Å². The van der Waals surface area contributed by atoms with Gasteiger partial charge in [0, 0.05) is 29.8 Å². The summed E-state index contributed by atoms with van der Waals surface area (Å²) in [6.45, 7) is 13.1. The van der Waals surface area contributed by atoms with Gasteiger partial charge in [0.15, 0.2) is 5.01 Å². The maximum atomic E-state index is 14.6. The lowest BCUT2D eigenvalue weighted by Crippen LogP contribution is -2.59. The van der Waals surface area contributed by atoms with Crippen LogP contribution in [-0.4, -0.2) is 98.6 Å². The molecule has 300 valence electrons. The lowest BCUT2D eigenvalue weighted by molar-refractivity contribution is -0.146. The molecule has 15 nitrogen and oxygen atoms in total. The second kappa shape index (κ2) is 15.0. The van der Waals surface area contributed by atoms with E-state index in [1.54, 1.807) is 18.2 Å². The zero-order valence-electron chi connectivity index (χ0n) is 32.3. The molecular formula is C39H48ClN7O8S. The number of ether oxygens (including phenoxy) is 3. The van der Waals surface area contributed by atoms with Gasteiger partial charge in [-0.25, -0.2) is 14.6 Å². The van der Waals surface area contributed by atoms with E-state index in [2.05, 4.69) is 32.7 Å². The number of amides is 3. The van der Waals surface area contributed by atoms with Crippen molar-refractivity contribution in [3.8, 4) is 22.2 Å². The van der Waals surface area contributed by atoms with Crippen molar-refractivity contribution in [1.82, 2.24) is 30.7 Å². The van der Waals surface area contributed by atoms with Crippen LogP contribution in [0.15, 0.2) is 30.9 Å². The van der Waals surface area contributed by atoms with Gasteiger partial charge in [-0.2, -0.15) is 0 Å². The number of rotatable bonds is 13. The Kier molecular flexibility index (Phi) is 10.6. The highest BCUT2D eigenvalue weighted by molar-refractivity contribution is 7.18. The number of carboxylic acid groups (broad SMARTS) is 1. The van der Waals surface area contributed by atoms with Crippen LogP contribution >= 0.6 is 22.9 Å². The second-order valence-electron chi connectivity index (χ2n) is 16.7. The molecule has 3 amide bonds. The predicted octanol–water partition coefficient (Wildman–Crippen LogP) is 5.67. The summed E-state index contributed by atoms with van der Waals surface area (Å²) < 4.78 is 17.9. The van der Waals surface area contributed by atoms with Crippen LogP contribution < -0.4 is 25.4 Å². The van der Waals surface area contributed by atoms with Crippen molar-refractivity contribution in [1.29, 1.82) is 0 Å². The molecule has 3 heterocycles. The van der Waals surface area contributed by atoms with E-state index in [1.165, 1.54) is 35.8 Å². The SMILES string of the molecule is C=CC1C[C@]1(NC(=O)[C@@H]1C[C@@H](Oc2cc(-c3nnc(NC(C)C)s3)nc3c(Cl)c(OC)ccc23)CN1C(=O)[C@@H](NC(=O)OC1C[C@@H]2C[C@@H]2C1)C(C)(C)C)C(=O)O. The standard InChI is InChI=1S/C39H48ClN7O8S/c1-8-21-16-39(21,35(50)51)44-32(48)26-14-23(17-47(26)34(49)31(38(4,5)6)43-37(52)55-22-12-19-11-20(19)13-22)54-28-15-25(33-45-46-36(56-33)41-18(2)3)42-30-24(28)9-10-27(53-7)29(30)40/h8-10,15,18-23,26,31H,1,11-14,16-17H2,2-7H3,(H,41,46)(H,43,52)(H,44,48)(H,50,51)/t19-,20+,21?,22?,23-,26+,31-,39-/m1/s1. The predicted molar refractivity (Wildman–Crippen MR) is 210 cm³/mol. The topological polar surface area (TPSA) is 194 Å². The fraction of sp³-hybridized carbons (Fsp3) is 0.564. The third-order valence-electron chi connectivity index (χ3n) is 11.1. The number of hydrogen-bond acceptors (Lipinski definition) is 12. The lowest BCUT2D eigenvalue weighted by Gasteiger charge is -2.35.